The van der Waals surface area contributed by atoms with E-state index >= 15 is 0 Å². The molecule has 0 heterocycles. The second-order valence-electron chi connectivity index (χ2n) is 5.05. The molecule has 2 aromatic carbocycles. The van der Waals surface area contributed by atoms with Gasteiger partial charge in [-0.3, -0.25) is 9.59 Å². The molecule has 4 N–H and O–H groups in total. The normalized spacial score (nSPS) is 10.2. The SMILES string of the molecule is Cc1cc(NC(=O)CCN)ccc1NC(=O)c1ccccc1F. The summed E-state index contributed by atoms with van der Waals surface area (Å²) in [4.78, 5) is 23.6. The molecule has 2 amide bonds. The lowest BCUT2D eigenvalue weighted by Crippen LogP contribution is -2.17. The first-order valence-corrected chi connectivity index (χ1v) is 7.17. The van der Waals surface area contributed by atoms with E-state index in [9.17, 15) is 14.0 Å². The van der Waals surface area contributed by atoms with Crippen LogP contribution >= 0.6 is 0 Å². The van der Waals surface area contributed by atoms with Gasteiger partial charge < -0.3 is 16.4 Å². The van der Waals surface area contributed by atoms with Gasteiger partial charge in [-0.2, -0.15) is 0 Å². The van der Waals surface area contributed by atoms with Crippen LogP contribution in [0.25, 0.3) is 0 Å². The standard InChI is InChI=1S/C17H18FN3O2/c1-11-10-12(20-16(22)8-9-19)6-7-15(11)21-17(23)13-4-2-3-5-14(13)18/h2-7,10H,8-9,19H2,1H3,(H,20,22)(H,21,23). The van der Waals surface area contributed by atoms with Crippen molar-refractivity contribution in [2.45, 2.75) is 13.3 Å². The Labute approximate surface area is 133 Å². The number of amides is 2. The first-order valence-electron chi connectivity index (χ1n) is 7.17. The van der Waals surface area contributed by atoms with Crippen LogP contribution in [0.5, 0.6) is 0 Å². The van der Waals surface area contributed by atoms with Crippen molar-refractivity contribution in [3.05, 3.63) is 59.4 Å². The quantitative estimate of drug-likeness (QED) is 0.793. The molecular formula is C17H18FN3O2. The molecule has 0 atom stereocenters. The number of halogens is 1. The zero-order chi connectivity index (χ0) is 16.8. The van der Waals surface area contributed by atoms with Crippen molar-refractivity contribution in [2.24, 2.45) is 5.73 Å². The van der Waals surface area contributed by atoms with Crippen LogP contribution in [0.4, 0.5) is 15.8 Å². The molecule has 0 aromatic heterocycles. The van der Waals surface area contributed by atoms with Crippen molar-refractivity contribution >= 4 is 23.2 Å². The zero-order valence-corrected chi connectivity index (χ0v) is 12.7. The lowest BCUT2D eigenvalue weighted by Gasteiger charge is -2.11. The third kappa shape index (κ3) is 4.37. The largest absolute Gasteiger partial charge is 0.330 e. The molecule has 0 aliphatic heterocycles. The minimum absolute atomic E-state index is 0.0211. The van der Waals surface area contributed by atoms with Crippen LogP contribution in [0, 0.1) is 12.7 Å². The Hall–Kier alpha value is -2.73. The number of anilines is 2. The number of benzene rings is 2. The first kappa shape index (κ1) is 16.6. The third-order valence-corrected chi connectivity index (χ3v) is 3.25. The van der Waals surface area contributed by atoms with E-state index in [1.165, 1.54) is 18.2 Å². The van der Waals surface area contributed by atoms with Gasteiger partial charge in [-0.15, -0.1) is 0 Å². The molecule has 0 bridgehead atoms. The molecular weight excluding hydrogens is 297 g/mol. The van der Waals surface area contributed by atoms with E-state index in [-0.39, 0.29) is 24.4 Å². The van der Waals surface area contributed by atoms with Crippen LogP contribution in [0.3, 0.4) is 0 Å². The van der Waals surface area contributed by atoms with E-state index in [0.29, 0.717) is 11.4 Å². The van der Waals surface area contributed by atoms with E-state index in [1.807, 2.05) is 0 Å². The molecule has 0 spiro atoms. The Kier molecular flexibility index (Phi) is 5.43. The van der Waals surface area contributed by atoms with Gasteiger partial charge in [0.15, 0.2) is 0 Å². The summed E-state index contributed by atoms with van der Waals surface area (Å²) in [5, 5.41) is 5.37. The average Bonchev–Trinajstić information content (AvgIpc) is 2.50. The molecule has 5 nitrogen and oxygen atoms in total. The predicted octanol–water partition coefficient (Wildman–Crippen LogP) is 2.67. The lowest BCUT2D eigenvalue weighted by atomic mass is 10.1. The smallest absolute Gasteiger partial charge is 0.258 e. The molecule has 0 aliphatic rings. The number of carbonyl (C=O) groups is 2. The summed E-state index contributed by atoms with van der Waals surface area (Å²) < 4.78 is 13.6. The highest BCUT2D eigenvalue weighted by atomic mass is 19.1. The van der Waals surface area contributed by atoms with Crippen LogP contribution in [-0.4, -0.2) is 18.4 Å². The Morgan fingerprint density at radius 3 is 2.52 bits per heavy atom. The fraction of sp³-hybridized carbons (Fsp3) is 0.176. The number of hydrogen-bond donors (Lipinski definition) is 3. The first-order chi connectivity index (χ1) is 11.0. The number of hydrogen-bond acceptors (Lipinski definition) is 3. The van der Waals surface area contributed by atoms with Crippen molar-refractivity contribution in [1.29, 1.82) is 0 Å². The van der Waals surface area contributed by atoms with Gasteiger partial charge in [0.1, 0.15) is 5.82 Å². The summed E-state index contributed by atoms with van der Waals surface area (Å²) >= 11 is 0. The molecule has 6 heteroatoms. The van der Waals surface area contributed by atoms with Gasteiger partial charge in [0.2, 0.25) is 5.91 Å². The predicted molar refractivity (Wildman–Crippen MR) is 87.8 cm³/mol. The maximum Gasteiger partial charge on any atom is 0.258 e. The number of carbonyl (C=O) groups excluding carboxylic acids is 2. The topological polar surface area (TPSA) is 84.2 Å². The summed E-state index contributed by atoms with van der Waals surface area (Å²) in [5.74, 6) is -1.27. The van der Waals surface area contributed by atoms with E-state index in [0.717, 1.165) is 5.56 Å². The molecule has 23 heavy (non-hydrogen) atoms. The second-order valence-corrected chi connectivity index (χ2v) is 5.05. The summed E-state index contributed by atoms with van der Waals surface area (Å²) in [6, 6.07) is 10.8. The monoisotopic (exact) mass is 315 g/mol. The third-order valence-electron chi connectivity index (χ3n) is 3.25. The van der Waals surface area contributed by atoms with E-state index in [2.05, 4.69) is 10.6 Å². The molecule has 0 aliphatic carbocycles. The van der Waals surface area contributed by atoms with E-state index in [1.54, 1.807) is 31.2 Å². The van der Waals surface area contributed by atoms with Crippen LogP contribution in [0.15, 0.2) is 42.5 Å². The highest BCUT2D eigenvalue weighted by Crippen LogP contribution is 2.21. The fourth-order valence-electron chi connectivity index (χ4n) is 2.07. The molecule has 2 rings (SSSR count). The summed E-state index contributed by atoms with van der Waals surface area (Å²) in [5.41, 5.74) is 7.22. The minimum atomic E-state index is -0.576. The Bertz CT molecular complexity index is 732. The second kappa shape index (κ2) is 7.51. The highest BCUT2D eigenvalue weighted by molar-refractivity contribution is 6.05. The van der Waals surface area contributed by atoms with Crippen LogP contribution in [0.2, 0.25) is 0 Å². The van der Waals surface area contributed by atoms with Crippen molar-refractivity contribution in [3.63, 3.8) is 0 Å². The molecule has 0 radical (unpaired) electrons. The molecule has 0 unspecified atom stereocenters. The number of nitrogens with one attached hydrogen (secondary N) is 2. The maximum atomic E-state index is 13.6. The van der Waals surface area contributed by atoms with Gasteiger partial charge in [-0.25, -0.2) is 4.39 Å². The van der Waals surface area contributed by atoms with Gasteiger partial charge in [0.25, 0.3) is 5.91 Å². The van der Waals surface area contributed by atoms with Crippen molar-refractivity contribution in [2.75, 3.05) is 17.2 Å². The van der Waals surface area contributed by atoms with Gasteiger partial charge >= 0.3 is 0 Å². The Morgan fingerprint density at radius 2 is 1.87 bits per heavy atom. The molecule has 2 aromatic rings. The fourth-order valence-corrected chi connectivity index (χ4v) is 2.07. The van der Waals surface area contributed by atoms with Gasteiger partial charge in [0, 0.05) is 24.3 Å². The van der Waals surface area contributed by atoms with Crippen LogP contribution in [-0.2, 0) is 4.79 Å². The number of nitrogens with two attached hydrogens (primary N) is 1. The summed E-state index contributed by atoms with van der Waals surface area (Å²) in [6.07, 6.45) is 0.241. The molecule has 0 saturated heterocycles. The highest BCUT2D eigenvalue weighted by Gasteiger charge is 2.12. The molecule has 0 saturated carbocycles. The lowest BCUT2D eigenvalue weighted by molar-refractivity contribution is -0.116. The number of rotatable bonds is 5. The summed E-state index contributed by atoms with van der Waals surface area (Å²) in [7, 11) is 0. The van der Waals surface area contributed by atoms with Crippen molar-refractivity contribution < 1.29 is 14.0 Å². The van der Waals surface area contributed by atoms with Gasteiger partial charge in [0.05, 0.1) is 5.56 Å². The van der Waals surface area contributed by atoms with Crippen molar-refractivity contribution in [3.8, 4) is 0 Å². The summed E-state index contributed by atoms with van der Waals surface area (Å²) in [6.45, 7) is 2.07. The van der Waals surface area contributed by atoms with Crippen LogP contribution < -0.4 is 16.4 Å². The Balaban J connectivity index is 2.11. The number of aryl methyl sites for hydroxylation is 1. The van der Waals surface area contributed by atoms with Gasteiger partial charge in [-0.05, 0) is 42.8 Å². The molecule has 0 fully saturated rings. The molecule has 120 valence electrons. The average molecular weight is 315 g/mol. The van der Waals surface area contributed by atoms with E-state index < -0.39 is 11.7 Å². The Morgan fingerprint density at radius 1 is 1.13 bits per heavy atom. The van der Waals surface area contributed by atoms with Gasteiger partial charge in [-0.1, -0.05) is 12.1 Å². The van der Waals surface area contributed by atoms with Crippen LogP contribution in [0.1, 0.15) is 22.3 Å². The van der Waals surface area contributed by atoms with E-state index in [4.69, 9.17) is 5.73 Å². The van der Waals surface area contributed by atoms with Crippen molar-refractivity contribution in [1.82, 2.24) is 0 Å². The minimum Gasteiger partial charge on any atom is -0.330 e. The maximum absolute atomic E-state index is 13.6. The zero-order valence-electron chi connectivity index (χ0n) is 12.7.